The van der Waals surface area contributed by atoms with Crippen molar-refractivity contribution in [2.24, 2.45) is 0 Å². The van der Waals surface area contributed by atoms with Crippen LogP contribution < -0.4 is 5.32 Å². The van der Waals surface area contributed by atoms with Crippen LogP contribution in [0.1, 0.15) is 13.3 Å². The van der Waals surface area contributed by atoms with Crippen molar-refractivity contribution < 1.29 is 20.4 Å². The molecule has 0 aromatic rings. The Hall–Kier alpha value is -0.200. The monoisotopic (exact) mass is 179 g/mol. The summed E-state index contributed by atoms with van der Waals surface area (Å²) >= 11 is 0. The van der Waals surface area contributed by atoms with Gasteiger partial charge in [-0.3, -0.25) is 5.32 Å². The van der Waals surface area contributed by atoms with Crippen molar-refractivity contribution in [1.82, 2.24) is 5.32 Å². The molecular weight excluding hydrogens is 162 g/mol. The topological polar surface area (TPSA) is 93.0 Å². The molecule has 0 fully saturated rings. The zero-order valence-corrected chi connectivity index (χ0v) is 7.19. The molecule has 1 unspecified atom stereocenters. The minimum Gasteiger partial charge on any atom is -0.394 e. The van der Waals surface area contributed by atoms with Crippen molar-refractivity contribution >= 4 is 0 Å². The summed E-state index contributed by atoms with van der Waals surface area (Å²) in [6, 6.07) is 0. The van der Waals surface area contributed by atoms with Gasteiger partial charge < -0.3 is 20.4 Å². The molecule has 5 nitrogen and oxygen atoms in total. The van der Waals surface area contributed by atoms with Gasteiger partial charge in [-0.05, 0) is 6.42 Å². The molecule has 0 radical (unpaired) electrons. The Bertz CT molecular complexity index is 108. The van der Waals surface area contributed by atoms with E-state index < -0.39 is 31.6 Å². The molecule has 0 rings (SSSR count). The molecule has 0 aromatic carbocycles. The second-order valence-electron chi connectivity index (χ2n) is 2.82. The predicted octanol–water partition coefficient (Wildman–Crippen LogP) is -1.98. The third kappa shape index (κ3) is 3.04. The fourth-order valence-electron chi connectivity index (χ4n) is 0.742. The van der Waals surface area contributed by atoms with Crippen LogP contribution in [0.2, 0.25) is 0 Å². The molecule has 5 heteroatoms. The van der Waals surface area contributed by atoms with E-state index in [-0.39, 0.29) is 0 Å². The third-order valence-electron chi connectivity index (χ3n) is 1.77. The second-order valence-corrected chi connectivity index (χ2v) is 2.82. The van der Waals surface area contributed by atoms with E-state index in [1.807, 2.05) is 0 Å². The van der Waals surface area contributed by atoms with Crippen LogP contribution in [0.5, 0.6) is 0 Å². The highest BCUT2D eigenvalue weighted by atomic mass is 16.3. The lowest BCUT2D eigenvalue weighted by Crippen LogP contribution is -2.58. The van der Waals surface area contributed by atoms with E-state index in [1.54, 1.807) is 6.92 Å². The Labute approximate surface area is 71.7 Å². The smallest absolute Gasteiger partial charge is 0.105 e. The van der Waals surface area contributed by atoms with Gasteiger partial charge in [0.25, 0.3) is 0 Å². The zero-order chi connectivity index (χ0) is 9.61. The molecule has 0 aliphatic heterocycles. The van der Waals surface area contributed by atoms with Crippen molar-refractivity contribution in [1.29, 1.82) is 0 Å². The van der Waals surface area contributed by atoms with Crippen molar-refractivity contribution in [3.8, 4) is 0 Å². The van der Waals surface area contributed by atoms with Crippen LogP contribution in [0.3, 0.4) is 0 Å². The van der Waals surface area contributed by atoms with Crippen LogP contribution in [-0.2, 0) is 0 Å². The standard InChI is InChI=1S/C7H17NO4/c1-2-6(12)8-7(3-9,4-10)5-11/h6,8-12H,2-5H2,1H3. The third-order valence-corrected chi connectivity index (χ3v) is 1.77. The summed E-state index contributed by atoms with van der Waals surface area (Å²) in [4.78, 5) is 0. The lowest BCUT2D eigenvalue weighted by molar-refractivity contribution is -0.00577. The molecule has 0 heterocycles. The van der Waals surface area contributed by atoms with Crippen LogP contribution >= 0.6 is 0 Å². The summed E-state index contributed by atoms with van der Waals surface area (Å²) in [6.45, 7) is 0.486. The van der Waals surface area contributed by atoms with E-state index >= 15 is 0 Å². The van der Waals surface area contributed by atoms with Gasteiger partial charge in [-0.15, -0.1) is 0 Å². The second kappa shape index (κ2) is 5.45. The number of aliphatic hydroxyl groups is 4. The maximum atomic E-state index is 9.14. The highest BCUT2D eigenvalue weighted by molar-refractivity contribution is 4.86. The van der Waals surface area contributed by atoms with Gasteiger partial charge in [0.15, 0.2) is 0 Å². The average molecular weight is 179 g/mol. The van der Waals surface area contributed by atoms with E-state index in [0.29, 0.717) is 6.42 Å². The van der Waals surface area contributed by atoms with Crippen molar-refractivity contribution in [2.45, 2.75) is 25.1 Å². The van der Waals surface area contributed by atoms with Gasteiger partial charge in [0.2, 0.25) is 0 Å². The average Bonchev–Trinajstić information content (AvgIpc) is 2.14. The number of hydrogen-bond acceptors (Lipinski definition) is 5. The highest BCUT2D eigenvalue weighted by Crippen LogP contribution is 2.03. The normalized spacial score (nSPS) is 14.8. The molecule has 0 aliphatic carbocycles. The maximum absolute atomic E-state index is 9.14. The van der Waals surface area contributed by atoms with Gasteiger partial charge in [0.05, 0.1) is 25.4 Å². The number of aliphatic hydroxyl groups excluding tert-OH is 4. The molecule has 12 heavy (non-hydrogen) atoms. The summed E-state index contributed by atoms with van der Waals surface area (Å²) in [5.41, 5.74) is -1.19. The quantitative estimate of drug-likeness (QED) is 0.305. The van der Waals surface area contributed by atoms with Gasteiger partial charge in [0, 0.05) is 0 Å². The Morgan fingerprint density at radius 3 is 1.83 bits per heavy atom. The molecule has 0 saturated heterocycles. The highest BCUT2D eigenvalue weighted by Gasteiger charge is 2.29. The van der Waals surface area contributed by atoms with E-state index in [1.165, 1.54) is 0 Å². The first-order valence-corrected chi connectivity index (χ1v) is 3.92. The number of hydrogen-bond donors (Lipinski definition) is 5. The van der Waals surface area contributed by atoms with Gasteiger partial charge in [-0.2, -0.15) is 0 Å². The number of nitrogens with one attached hydrogen (secondary N) is 1. The van der Waals surface area contributed by atoms with E-state index in [2.05, 4.69) is 5.32 Å². The molecule has 0 spiro atoms. The molecule has 0 amide bonds. The lowest BCUT2D eigenvalue weighted by atomic mass is 10.0. The van der Waals surface area contributed by atoms with Gasteiger partial charge in [-0.1, -0.05) is 6.92 Å². The zero-order valence-electron chi connectivity index (χ0n) is 7.19. The lowest BCUT2D eigenvalue weighted by Gasteiger charge is -2.31. The fraction of sp³-hybridized carbons (Fsp3) is 1.00. The van der Waals surface area contributed by atoms with Gasteiger partial charge in [-0.25, -0.2) is 0 Å². The molecule has 0 saturated carbocycles. The van der Waals surface area contributed by atoms with Gasteiger partial charge >= 0.3 is 0 Å². The minimum atomic E-state index is -1.19. The molecule has 1 atom stereocenters. The largest absolute Gasteiger partial charge is 0.394 e. The summed E-state index contributed by atoms with van der Waals surface area (Å²) in [5.74, 6) is 0. The van der Waals surface area contributed by atoms with Crippen LogP contribution in [0, 0.1) is 0 Å². The Balaban J connectivity index is 4.09. The van der Waals surface area contributed by atoms with Crippen LogP contribution in [-0.4, -0.2) is 52.0 Å². The van der Waals surface area contributed by atoms with Crippen molar-refractivity contribution in [2.75, 3.05) is 19.8 Å². The number of rotatable bonds is 6. The summed E-state index contributed by atoms with van der Waals surface area (Å²) in [7, 11) is 0. The first kappa shape index (κ1) is 11.8. The molecule has 74 valence electrons. The summed E-state index contributed by atoms with van der Waals surface area (Å²) in [6.07, 6.45) is -0.377. The Morgan fingerprint density at radius 1 is 1.17 bits per heavy atom. The minimum absolute atomic E-state index is 0.420. The fourth-order valence-corrected chi connectivity index (χ4v) is 0.742. The molecular formula is C7H17NO4. The molecule has 0 bridgehead atoms. The SMILES string of the molecule is CCC(O)NC(CO)(CO)CO. The predicted molar refractivity (Wildman–Crippen MR) is 43.4 cm³/mol. The van der Waals surface area contributed by atoms with E-state index in [0.717, 1.165) is 0 Å². The van der Waals surface area contributed by atoms with Gasteiger partial charge in [0.1, 0.15) is 6.23 Å². The van der Waals surface area contributed by atoms with Crippen LogP contribution in [0.15, 0.2) is 0 Å². The summed E-state index contributed by atoms with van der Waals surface area (Å²) in [5, 5.41) is 38.2. The molecule has 5 N–H and O–H groups in total. The Kier molecular flexibility index (Phi) is 5.36. The van der Waals surface area contributed by atoms with Crippen LogP contribution in [0.25, 0.3) is 0 Å². The van der Waals surface area contributed by atoms with Crippen molar-refractivity contribution in [3.05, 3.63) is 0 Å². The van der Waals surface area contributed by atoms with Crippen molar-refractivity contribution in [3.63, 3.8) is 0 Å². The van der Waals surface area contributed by atoms with Crippen LogP contribution in [0.4, 0.5) is 0 Å². The van der Waals surface area contributed by atoms with E-state index in [9.17, 15) is 0 Å². The molecule has 0 aromatic heterocycles. The Morgan fingerprint density at radius 2 is 1.58 bits per heavy atom. The maximum Gasteiger partial charge on any atom is 0.105 e. The first-order valence-electron chi connectivity index (χ1n) is 3.92. The van der Waals surface area contributed by atoms with E-state index in [4.69, 9.17) is 20.4 Å². The molecule has 0 aliphatic rings. The summed E-state index contributed by atoms with van der Waals surface area (Å²) < 4.78 is 0. The first-order chi connectivity index (χ1) is 5.64.